The van der Waals surface area contributed by atoms with Crippen molar-refractivity contribution in [3.8, 4) is 0 Å². The van der Waals surface area contributed by atoms with Crippen molar-refractivity contribution in [3.05, 3.63) is 66.0 Å². The number of pyridine rings is 1. The van der Waals surface area contributed by atoms with Gasteiger partial charge in [0.05, 0.1) is 6.04 Å². The molecule has 2 aromatic rings. The van der Waals surface area contributed by atoms with Crippen LogP contribution in [-0.2, 0) is 0 Å². The van der Waals surface area contributed by atoms with Gasteiger partial charge in [0, 0.05) is 18.9 Å². The molecule has 0 amide bonds. The Bertz CT molecular complexity index is 621. The molecule has 94 valence electrons. The normalized spacial score (nSPS) is 20.3. The molecule has 3 heteroatoms. The first-order valence-corrected chi connectivity index (χ1v) is 6.67. The van der Waals surface area contributed by atoms with Gasteiger partial charge < -0.3 is 0 Å². The van der Waals surface area contributed by atoms with Crippen LogP contribution in [-0.4, -0.2) is 16.5 Å². The molecule has 0 saturated carbocycles. The Morgan fingerprint density at radius 3 is 2.84 bits per heavy atom. The van der Waals surface area contributed by atoms with Gasteiger partial charge in [-0.3, -0.25) is 10.0 Å². The summed E-state index contributed by atoms with van der Waals surface area (Å²) in [7, 11) is 0. The zero-order valence-corrected chi connectivity index (χ0v) is 10.6. The monoisotopic (exact) mass is 249 g/mol. The minimum atomic E-state index is 0.447. The Balaban J connectivity index is 1.73. The number of fused-ring (bicyclic) bond motifs is 3. The lowest BCUT2D eigenvalue weighted by atomic mass is 9.96. The first kappa shape index (κ1) is 10.6. The van der Waals surface area contributed by atoms with Crippen molar-refractivity contribution in [2.24, 2.45) is 0 Å². The minimum Gasteiger partial charge on any atom is -0.284 e. The summed E-state index contributed by atoms with van der Waals surface area (Å²) in [5.41, 5.74) is 2.76. The molecular weight excluding hydrogens is 234 g/mol. The van der Waals surface area contributed by atoms with Crippen LogP contribution in [0.3, 0.4) is 0 Å². The molecule has 1 saturated heterocycles. The maximum absolute atomic E-state index is 4.46. The van der Waals surface area contributed by atoms with E-state index in [0.717, 1.165) is 18.8 Å². The van der Waals surface area contributed by atoms with E-state index >= 15 is 0 Å². The molecule has 1 fully saturated rings. The van der Waals surface area contributed by atoms with Gasteiger partial charge in [-0.15, -0.1) is 0 Å². The number of hydrogen-bond acceptors (Lipinski definition) is 3. The summed E-state index contributed by atoms with van der Waals surface area (Å²) >= 11 is 0. The van der Waals surface area contributed by atoms with Crippen LogP contribution in [0.25, 0.3) is 6.08 Å². The molecule has 1 aromatic heterocycles. The first-order valence-electron chi connectivity index (χ1n) is 6.67. The predicted molar refractivity (Wildman–Crippen MR) is 76.3 cm³/mol. The zero-order valence-electron chi connectivity index (χ0n) is 10.6. The van der Waals surface area contributed by atoms with Crippen molar-refractivity contribution in [1.29, 1.82) is 0 Å². The van der Waals surface area contributed by atoms with Crippen LogP contribution in [0.4, 0.5) is 5.82 Å². The lowest BCUT2D eigenvalue weighted by Crippen LogP contribution is -2.35. The van der Waals surface area contributed by atoms with Gasteiger partial charge in [0.25, 0.3) is 0 Å². The molecule has 1 aromatic carbocycles. The van der Waals surface area contributed by atoms with Gasteiger partial charge in [-0.25, -0.2) is 4.98 Å². The van der Waals surface area contributed by atoms with Gasteiger partial charge in [0.1, 0.15) is 5.82 Å². The summed E-state index contributed by atoms with van der Waals surface area (Å²) < 4.78 is 0. The second kappa shape index (κ2) is 4.12. The average molecular weight is 249 g/mol. The molecule has 0 spiro atoms. The topological polar surface area (TPSA) is 19.4 Å². The largest absolute Gasteiger partial charge is 0.284 e. The maximum atomic E-state index is 4.46. The van der Waals surface area contributed by atoms with E-state index in [1.165, 1.54) is 11.1 Å². The molecule has 1 atom stereocenters. The van der Waals surface area contributed by atoms with Crippen LogP contribution >= 0.6 is 0 Å². The SMILES string of the molecule is C1=CN2[C@@H](CCN2c2ccccn2)c2ccccc21. The molecule has 0 radical (unpaired) electrons. The van der Waals surface area contributed by atoms with Gasteiger partial charge in [-0.1, -0.05) is 30.3 Å². The summed E-state index contributed by atoms with van der Waals surface area (Å²) in [6.45, 7) is 1.01. The summed E-state index contributed by atoms with van der Waals surface area (Å²) in [5, 5.41) is 4.57. The van der Waals surface area contributed by atoms with Crippen molar-refractivity contribution in [3.63, 3.8) is 0 Å². The Morgan fingerprint density at radius 2 is 1.95 bits per heavy atom. The van der Waals surface area contributed by atoms with E-state index in [9.17, 15) is 0 Å². The van der Waals surface area contributed by atoms with Gasteiger partial charge in [0.15, 0.2) is 0 Å². The highest BCUT2D eigenvalue weighted by Gasteiger charge is 2.34. The molecule has 0 N–H and O–H groups in total. The number of nitrogens with zero attached hydrogens (tertiary/aromatic N) is 3. The number of anilines is 1. The Labute approximate surface area is 112 Å². The lowest BCUT2D eigenvalue weighted by molar-refractivity contribution is 0.327. The molecule has 3 nitrogen and oxygen atoms in total. The van der Waals surface area contributed by atoms with Gasteiger partial charge >= 0.3 is 0 Å². The summed E-state index contributed by atoms with van der Waals surface area (Å²) in [4.78, 5) is 4.46. The Morgan fingerprint density at radius 1 is 1.05 bits per heavy atom. The molecule has 0 unspecified atom stereocenters. The molecule has 0 bridgehead atoms. The predicted octanol–water partition coefficient (Wildman–Crippen LogP) is 3.23. The molecule has 4 rings (SSSR count). The quantitative estimate of drug-likeness (QED) is 0.773. The van der Waals surface area contributed by atoms with Crippen LogP contribution in [0.5, 0.6) is 0 Å². The second-order valence-corrected chi connectivity index (χ2v) is 4.94. The third-order valence-electron chi connectivity index (χ3n) is 3.89. The van der Waals surface area contributed by atoms with E-state index in [1.807, 2.05) is 18.3 Å². The minimum absolute atomic E-state index is 0.447. The summed E-state index contributed by atoms with van der Waals surface area (Å²) in [5.74, 6) is 1.02. The van der Waals surface area contributed by atoms with Crippen LogP contribution in [0.1, 0.15) is 23.6 Å². The molecule has 2 aliphatic rings. The van der Waals surface area contributed by atoms with Gasteiger partial charge in [-0.2, -0.15) is 0 Å². The van der Waals surface area contributed by atoms with Crippen molar-refractivity contribution in [2.45, 2.75) is 12.5 Å². The fraction of sp³-hybridized carbons (Fsp3) is 0.188. The molecule has 19 heavy (non-hydrogen) atoms. The molecular formula is C16H15N3. The van der Waals surface area contributed by atoms with Crippen LogP contribution in [0.2, 0.25) is 0 Å². The van der Waals surface area contributed by atoms with Crippen LogP contribution in [0.15, 0.2) is 54.9 Å². The highest BCUT2D eigenvalue weighted by atomic mass is 15.7. The Kier molecular flexibility index (Phi) is 2.30. The number of benzene rings is 1. The number of hydrazine groups is 1. The highest BCUT2D eigenvalue weighted by Crippen LogP contribution is 2.39. The second-order valence-electron chi connectivity index (χ2n) is 4.94. The molecule has 2 aliphatic heterocycles. The van der Waals surface area contributed by atoms with E-state index in [4.69, 9.17) is 0 Å². The van der Waals surface area contributed by atoms with Crippen LogP contribution in [0, 0.1) is 0 Å². The Hall–Kier alpha value is -2.29. The number of rotatable bonds is 1. The van der Waals surface area contributed by atoms with E-state index in [-0.39, 0.29) is 0 Å². The fourth-order valence-corrected chi connectivity index (χ4v) is 3.01. The summed E-state index contributed by atoms with van der Waals surface area (Å²) in [6.07, 6.45) is 7.35. The van der Waals surface area contributed by atoms with Crippen LogP contribution < -0.4 is 5.01 Å². The standard InChI is InChI=1S/C16H15N3/c1-2-6-14-13(5-1)8-11-18-15(14)9-12-19(18)16-7-3-4-10-17-16/h1-8,10-11,15H,9,12H2/t15-/m0/s1. The zero-order chi connectivity index (χ0) is 12.7. The molecule has 0 aliphatic carbocycles. The van der Waals surface area contributed by atoms with Crippen molar-refractivity contribution >= 4 is 11.9 Å². The van der Waals surface area contributed by atoms with Gasteiger partial charge in [-0.05, 0) is 35.8 Å². The van der Waals surface area contributed by atoms with Gasteiger partial charge in [0.2, 0.25) is 0 Å². The highest BCUT2D eigenvalue weighted by molar-refractivity contribution is 5.58. The lowest BCUT2D eigenvalue weighted by Gasteiger charge is -2.34. The van der Waals surface area contributed by atoms with Crippen molar-refractivity contribution in [2.75, 3.05) is 11.6 Å². The van der Waals surface area contributed by atoms with Crippen molar-refractivity contribution in [1.82, 2.24) is 9.99 Å². The summed E-state index contributed by atoms with van der Waals surface area (Å²) in [6, 6.07) is 15.2. The smallest absolute Gasteiger partial charge is 0.147 e. The van der Waals surface area contributed by atoms with E-state index in [1.54, 1.807) is 0 Å². The number of hydrogen-bond donors (Lipinski definition) is 0. The third kappa shape index (κ3) is 1.62. The maximum Gasteiger partial charge on any atom is 0.147 e. The third-order valence-corrected chi connectivity index (χ3v) is 3.89. The van der Waals surface area contributed by atoms with Crippen molar-refractivity contribution < 1.29 is 0 Å². The van der Waals surface area contributed by atoms with E-state index in [2.05, 4.69) is 57.6 Å². The number of aromatic nitrogens is 1. The average Bonchev–Trinajstić information content (AvgIpc) is 2.92. The first-order chi connectivity index (χ1) is 9.43. The fourth-order valence-electron chi connectivity index (χ4n) is 3.01. The van der Waals surface area contributed by atoms with E-state index < -0.39 is 0 Å². The van der Waals surface area contributed by atoms with E-state index in [0.29, 0.717) is 6.04 Å². The molecule has 3 heterocycles.